The summed E-state index contributed by atoms with van der Waals surface area (Å²) in [7, 11) is 0. The molecule has 1 unspecified atom stereocenters. The van der Waals surface area contributed by atoms with Crippen molar-refractivity contribution in [1.82, 2.24) is 0 Å². The molecule has 0 heterocycles. The molecule has 0 aliphatic heterocycles. The van der Waals surface area contributed by atoms with Crippen LogP contribution in [-0.2, 0) is 5.41 Å². The molecule has 9 aromatic carbocycles. The first-order chi connectivity index (χ1) is 27.8. The highest BCUT2D eigenvalue weighted by Crippen LogP contribution is 2.65. The quantitative estimate of drug-likeness (QED) is 0.159. The predicted molar refractivity (Wildman–Crippen MR) is 234 cm³/mol. The van der Waals surface area contributed by atoms with Gasteiger partial charge in [-0.15, -0.1) is 0 Å². The zero-order chi connectivity index (χ0) is 37.1. The van der Waals surface area contributed by atoms with Gasteiger partial charge in [-0.05, 0) is 120 Å². The van der Waals surface area contributed by atoms with Crippen molar-refractivity contribution < 1.29 is 0 Å². The Labute approximate surface area is 328 Å². The Morgan fingerprint density at radius 3 is 1.29 bits per heavy atom. The van der Waals surface area contributed by atoms with Crippen LogP contribution in [0.4, 0.5) is 17.1 Å². The van der Waals surface area contributed by atoms with E-state index in [9.17, 15) is 0 Å². The molecule has 0 fully saturated rings. The highest BCUT2D eigenvalue weighted by molar-refractivity contribution is 6.00. The van der Waals surface area contributed by atoms with Crippen molar-refractivity contribution in [3.05, 3.63) is 247 Å². The van der Waals surface area contributed by atoms with E-state index in [-0.39, 0.29) is 0 Å². The number of nitrogens with zero attached hydrogens (tertiary/aromatic N) is 1. The lowest BCUT2D eigenvalue weighted by Gasteiger charge is -2.33. The Hall–Kier alpha value is -7.22. The first-order valence-electron chi connectivity index (χ1n) is 19.4. The van der Waals surface area contributed by atoms with Gasteiger partial charge >= 0.3 is 0 Å². The van der Waals surface area contributed by atoms with Gasteiger partial charge in [0.25, 0.3) is 0 Å². The van der Waals surface area contributed by atoms with Crippen molar-refractivity contribution in [2.45, 2.75) is 5.41 Å². The molecule has 2 aliphatic rings. The summed E-state index contributed by atoms with van der Waals surface area (Å²) in [5, 5.41) is 0. The minimum atomic E-state index is -0.474. The number of hydrogen-bond donors (Lipinski definition) is 0. The topological polar surface area (TPSA) is 3.24 Å². The highest BCUT2D eigenvalue weighted by atomic mass is 15.1. The molecule has 0 radical (unpaired) electrons. The van der Waals surface area contributed by atoms with Crippen molar-refractivity contribution in [3.8, 4) is 55.6 Å². The summed E-state index contributed by atoms with van der Waals surface area (Å²) in [6.45, 7) is 0. The molecule has 0 N–H and O–H groups in total. The summed E-state index contributed by atoms with van der Waals surface area (Å²) >= 11 is 0. The molecule has 0 saturated heterocycles. The van der Waals surface area contributed by atoms with Crippen LogP contribution >= 0.6 is 0 Å². The molecule has 262 valence electrons. The molecule has 0 spiro atoms. The summed E-state index contributed by atoms with van der Waals surface area (Å²) in [6, 6.07) is 82.4. The van der Waals surface area contributed by atoms with E-state index in [2.05, 4.69) is 229 Å². The van der Waals surface area contributed by atoms with E-state index in [0.29, 0.717) is 0 Å². The van der Waals surface area contributed by atoms with Crippen LogP contribution in [0.25, 0.3) is 55.6 Å². The van der Waals surface area contributed by atoms with Crippen LogP contribution in [0.5, 0.6) is 0 Å². The zero-order valence-corrected chi connectivity index (χ0v) is 30.8. The Bertz CT molecular complexity index is 2790. The van der Waals surface area contributed by atoms with Gasteiger partial charge in [-0.2, -0.15) is 0 Å². The average molecular weight is 712 g/mol. The molecule has 11 rings (SSSR count). The molecule has 0 aromatic heterocycles. The van der Waals surface area contributed by atoms with Gasteiger partial charge in [0.05, 0.1) is 5.41 Å². The normalized spacial score (nSPS) is 14.5. The molecule has 9 aromatic rings. The lowest BCUT2D eigenvalue weighted by Crippen LogP contribution is -2.26. The van der Waals surface area contributed by atoms with E-state index in [4.69, 9.17) is 0 Å². The van der Waals surface area contributed by atoms with Crippen molar-refractivity contribution in [2.24, 2.45) is 0 Å². The smallest absolute Gasteiger partial charge is 0.0726 e. The monoisotopic (exact) mass is 711 g/mol. The van der Waals surface area contributed by atoms with Gasteiger partial charge in [-0.3, -0.25) is 0 Å². The zero-order valence-electron chi connectivity index (χ0n) is 30.8. The summed E-state index contributed by atoms with van der Waals surface area (Å²) in [6.07, 6.45) is 0. The van der Waals surface area contributed by atoms with Crippen LogP contribution in [0.3, 0.4) is 0 Å². The molecule has 1 heteroatoms. The summed E-state index contributed by atoms with van der Waals surface area (Å²) in [4.78, 5) is 2.42. The van der Waals surface area contributed by atoms with Crippen LogP contribution in [0.15, 0.2) is 224 Å². The Kier molecular flexibility index (Phi) is 7.47. The maximum atomic E-state index is 2.48. The molecule has 0 saturated carbocycles. The van der Waals surface area contributed by atoms with Gasteiger partial charge in [-0.1, -0.05) is 182 Å². The fourth-order valence-corrected chi connectivity index (χ4v) is 9.41. The molecule has 1 nitrogen and oxygen atoms in total. The third-order valence-corrected chi connectivity index (χ3v) is 11.9. The largest absolute Gasteiger partial charge is 0.310 e. The van der Waals surface area contributed by atoms with Gasteiger partial charge in [0.15, 0.2) is 0 Å². The Morgan fingerprint density at radius 1 is 0.268 bits per heavy atom. The van der Waals surface area contributed by atoms with Crippen LogP contribution in [-0.4, -0.2) is 0 Å². The molecule has 56 heavy (non-hydrogen) atoms. The van der Waals surface area contributed by atoms with Gasteiger partial charge in [0.2, 0.25) is 0 Å². The van der Waals surface area contributed by atoms with Crippen LogP contribution in [0.2, 0.25) is 0 Å². The van der Waals surface area contributed by atoms with E-state index in [1.807, 2.05) is 0 Å². The Balaban J connectivity index is 1.13. The van der Waals surface area contributed by atoms with Gasteiger partial charge in [0, 0.05) is 17.1 Å². The number of rotatable bonds is 7. The third-order valence-electron chi connectivity index (χ3n) is 11.9. The molecular formula is C55H37N. The molecule has 2 aliphatic carbocycles. The van der Waals surface area contributed by atoms with Crippen molar-refractivity contribution in [2.75, 3.05) is 4.90 Å². The first kappa shape index (κ1) is 32.2. The second kappa shape index (κ2) is 13.0. The number of anilines is 3. The maximum absolute atomic E-state index is 2.48. The lowest BCUT2D eigenvalue weighted by molar-refractivity contribution is 0.792. The van der Waals surface area contributed by atoms with Crippen molar-refractivity contribution in [1.29, 1.82) is 0 Å². The molecule has 0 amide bonds. The van der Waals surface area contributed by atoms with Crippen LogP contribution in [0.1, 0.15) is 22.3 Å². The fourth-order valence-electron chi connectivity index (χ4n) is 9.41. The van der Waals surface area contributed by atoms with E-state index in [0.717, 1.165) is 17.1 Å². The van der Waals surface area contributed by atoms with Gasteiger partial charge in [-0.25, -0.2) is 0 Å². The minimum absolute atomic E-state index is 0.474. The minimum Gasteiger partial charge on any atom is -0.310 e. The number of fused-ring (bicyclic) bond motifs is 6. The number of benzene rings is 9. The fraction of sp³-hybridized carbons (Fsp3) is 0.0182. The predicted octanol–water partition coefficient (Wildman–Crippen LogP) is 14.5. The first-order valence-corrected chi connectivity index (χ1v) is 19.4. The number of hydrogen-bond acceptors (Lipinski definition) is 1. The van der Waals surface area contributed by atoms with Crippen LogP contribution < -0.4 is 4.90 Å². The maximum Gasteiger partial charge on any atom is 0.0726 e. The van der Waals surface area contributed by atoms with Crippen LogP contribution in [0, 0.1) is 0 Å². The molecule has 1 atom stereocenters. The third kappa shape index (κ3) is 4.95. The lowest BCUT2D eigenvalue weighted by atomic mass is 9.70. The van der Waals surface area contributed by atoms with E-state index in [1.54, 1.807) is 0 Å². The van der Waals surface area contributed by atoms with E-state index in [1.165, 1.54) is 77.9 Å². The van der Waals surface area contributed by atoms with Crippen molar-refractivity contribution in [3.63, 3.8) is 0 Å². The molecule has 0 bridgehead atoms. The second-order valence-electron chi connectivity index (χ2n) is 14.9. The summed E-state index contributed by atoms with van der Waals surface area (Å²) in [5.41, 5.74) is 20.7. The highest BCUT2D eigenvalue weighted by Gasteiger charge is 2.52. The van der Waals surface area contributed by atoms with E-state index < -0.39 is 5.41 Å². The Morgan fingerprint density at radius 2 is 0.696 bits per heavy atom. The summed E-state index contributed by atoms with van der Waals surface area (Å²) in [5.74, 6) is 0. The van der Waals surface area contributed by atoms with Gasteiger partial charge < -0.3 is 4.90 Å². The van der Waals surface area contributed by atoms with Gasteiger partial charge in [0.1, 0.15) is 0 Å². The van der Waals surface area contributed by atoms with E-state index >= 15 is 0 Å². The summed E-state index contributed by atoms with van der Waals surface area (Å²) < 4.78 is 0. The molecular weight excluding hydrogens is 675 g/mol. The van der Waals surface area contributed by atoms with Crippen molar-refractivity contribution >= 4 is 17.1 Å². The SMILES string of the molecule is c1ccc(-c2ccc(N(c3ccc(-c4ccccc4)cc3)c3ccc4c(c3)C3(c5cccc(-c6ccccc6)c5)c5ccccc5-c5cccc-4c53)cc2)cc1. The standard InChI is InChI=1S/C55H37N/c1-4-14-38(15-5-1)41-26-30-45(31-27-41)56(46-32-28-42(29-33-46)39-16-6-2-7-17-39)47-34-35-49-51-24-13-23-50-48-22-10-11-25-52(48)55(54(50)51,53(49)37-47)44-21-12-20-43(36-44)40-18-8-3-9-19-40/h1-37H. The average Bonchev–Trinajstić information content (AvgIpc) is 3.76. The second-order valence-corrected chi connectivity index (χ2v) is 14.9.